The fraction of sp³-hybridized carbons (Fsp3) is 0.0714. The first-order chi connectivity index (χ1) is 8.79. The molecule has 0 saturated carbocycles. The number of hydrogen-bond acceptors (Lipinski definition) is 4. The van der Waals surface area contributed by atoms with Crippen molar-refractivity contribution in [3.8, 4) is 0 Å². The fourth-order valence-electron chi connectivity index (χ4n) is 1.39. The molecule has 90 valence electrons. The Kier molecular flexibility index (Phi) is 3.81. The van der Waals surface area contributed by atoms with E-state index >= 15 is 0 Å². The second-order valence-corrected chi connectivity index (χ2v) is 3.57. The fourth-order valence-corrected chi connectivity index (χ4v) is 1.39. The van der Waals surface area contributed by atoms with Crippen LogP contribution in [0.2, 0.25) is 0 Å². The summed E-state index contributed by atoms with van der Waals surface area (Å²) in [6.07, 6.45) is 0. The number of esters is 1. The molecule has 0 radical (unpaired) electrons. The molecule has 0 unspecified atom stereocenters. The summed E-state index contributed by atoms with van der Waals surface area (Å²) in [6.45, 7) is 0. The summed E-state index contributed by atoms with van der Waals surface area (Å²) in [7, 11) is 1.35. The van der Waals surface area contributed by atoms with Crippen molar-refractivity contribution in [3.63, 3.8) is 0 Å². The molecule has 0 spiro atoms. The van der Waals surface area contributed by atoms with Gasteiger partial charge in [-0.15, -0.1) is 0 Å². The van der Waals surface area contributed by atoms with E-state index in [2.05, 4.69) is 15.0 Å². The first-order valence-electron chi connectivity index (χ1n) is 5.45. The molecule has 2 rings (SSSR count). The molecule has 0 aromatic heterocycles. The lowest BCUT2D eigenvalue weighted by molar-refractivity contribution is 0.0601. The van der Waals surface area contributed by atoms with Crippen molar-refractivity contribution in [2.24, 2.45) is 10.2 Å². The smallest absolute Gasteiger partial charge is 0.337 e. The molecule has 0 saturated heterocycles. The van der Waals surface area contributed by atoms with Gasteiger partial charge in [0.1, 0.15) is 0 Å². The summed E-state index contributed by atoms with van der Waals surface area (Å²) in [6, 6.07) is 16.2. The Labute approximate surface area is 105 Å². The Bertz CT molecular complexity index is 548. The van der Waals surface area contributed by atoms with E-state index in [0.29, 0.717) is 11.3 Å². The molecular formula is C14H12N2O2. The lowest BCUT2D eigenvalue weighted by atomic mass is 10.2. The molecule has 2 aromatic rings. The van der Waals surface area contributed by atoms with Crippen LogP contribution >= 0.6 is 0 Å². The third-order valence-electron chi connectivity index (χ3n) is 2.33. The largest absolute Gasteiger partial charge is 0.465 e. The average Bonchev–Trinajstić information content (AvgIpc) is 2.46. The maximum atomic E-state index is 11.2. The summed E-state index contributed by atoms with van der Waals surface area (Å²) in [5.41, 5.74) is 1.97. The zero-order valence-corrected chi connectivity index (χ0v) is 9.91. The second-order valence-electron chi connectivity index (χ2n) is 3.57. The zero-order valence-electron chi connectivity index (χ0n) is 9.91. The van der Waals surface area contributed by atoms with Gasteiger partial charge in [-0.3, -0.25) is 0 Å². The van der Waals surface area contributed by atoms with Crippen LogP contribution in [0, 0.1) is 0 Å². The van der Waals surface area contributed by atoms with Crippen LogP contribution in [-0.4, -0.2) is 13.1 Å². The van der Waals surface area contributed by atoms with Gasteiger partial charge in [-0.1, -0.05) is 18.2 Å². The van der Waals surface area contributed by atoms with Gasteiger partial charge in [0.15, 0.2) is 0 Å². The monoisotopic (exact) mass is 240 g/mol. The lowest BCUT2D eigenvalue weighted by Crippen LogP contribution is -1.99. The van der Waals surface area contributed by atoms with Crippen LogP contribution < -0.4 is 0 Å². The summed E-state index contributed by atoms with van der Waals surface area (Å²) < 4.78 is 4.61. The van der Waals surface area contributed by atoms with Gasteiger partial charge in [-0.2, -0.15) is 10.2 Å². The zero-order chi connectivity index (χ0) is 12.8. The van der Waals surface area contributed by atoms with Gasteiger partial charge in [0.05, 0.1) is 24.0 Å². The molecule has 4 heteroatoms. The summed E-state index contributed by atoms with van der Waals surface area (Å²) in [5, 5.41) is 8.16. The summed E-state index contributed by atoms with van der Waals surface area (Å²) in [4.78, 5) is 11.2. The second kappa shape index (κ2) is 5.72. The van der Waals surface area contributed by atoms with Gasteiger partial charge in [0.2, 0.25) is 0 Å². The van der Waals surface area contributed by atoms with Crippen molar-refractivity contribution in [2.75, 3.05) is 7.11 Å². The molecule has 0 atom stereocenters. The molecule has 0 amide bonds. The Morgan fingerprint density at radius 1 is 0.889 bits per heavy atom. The number of nitrogens with zero attached hydrogens (tertiary/aromatic N) is 2. The summed E-state index contributed by atoms with van der Waals surface area (Å²) >= 11 is 0. The van der Waals surface area contributed by atoms with Gasteiger partial charge >= 0.3 is 5.97 Å². The standard InChI is InChI=1S/C14H12N2O2/c1-18-14(17)11-7-9-13(10-8-11)16-15-12-5-3-2-4-6-12/h2-10H,1H3. The van der Waals surface area contributed by atoms with E-state index < -0.39 is 0 Å². The molecule has 4 nitrogen and oxygen atoms in total. The quantitative estimate of drug-likeness (QED) is 0.603. The molecule has 0 N–H and O–H groups in total. The maximum Gasteiger partial charge on any atom is 0.337 e. The van der Waals surface area contributed by atoms with Crippen molar-refractivity contribution in [2.45, 2.75) is 0 Å². The molecule has 0 aliphatic heterocycles. The number of azo groups is 1. The van der Waals surface area contributed by atoms with E-state index in [1.165, 1.54) is 7.11 Å². The van der Waals surface area contributed by atoms with Crippen LogP contribution in [0.15, 0.2) is 64.8 Å². The predicted molar refractivity (Wildman–Crippen MR) is 68.4 cm³/mol. The van der Waals surface area contributed by atoms with E-state index in [1.54, 1.807) is 24.3 Å². The van der Waals surface area contributed by atoms with Crippen molar-refractivity contribution in [1.29, 1.82) is 0 Å². The van der Waals surface area contributed by atoms with Gasteiger partial charge in [-0.25, -0.2) is 4.79 Å². The maximum absolute atomic E-state index is 11.2. The minimum atomic E-state index is -0.360. The van der Waals surface area contributed by atoms with Crippen molar-refractivity contribution >= 4 is 17.3 Å². The van der Waals surface area contributed by atoms with Crippen LogP contribution in [0.25, 0.3) is 0 Å². The third kappa shape index (κ3) is 3.01. The van der Waals surface area contributed by atoms with Crippen LogP contribution in [0.4, 0.5) is 11.4 Å². The van der Waals surface area contributed by atoms with E-state index in [1.807, 2.05) is 30.3 Å². The molecule has 0 fully saturated rings. The molecule has 0 aliphatic rings. The van der Waals surface area contributed by atoms with E-state index in [0.717, 1.165) is 5.69 Å². The van der Waals surface area contributed by atoms with Crippen molar-refractivity contribution in [1.82, 2.24) is 0 Å². The minimum absolute atomic E-state index is 0.360. The van der Waals surface area contributed by atoms with Gasteiger partial charge in [0.25, 0.3) is 0 Å². The number of ether oxygens (including phenoxy) is 1. The molecule has 0 bridgehead atoms. The molecule has 0 aliphatic carbocycles. The Balaban J connectivity index is 2.11. The predicted octanol–water partition coefficient (Wildman–Crippen LogP) is 3.89. The van der Waals surface area contributed by atoms with Crippen molar-refractivity contribution in [3.05, 3.63) is 60.2 Å². The molecule has 2 aromatic carbocycles. The number of methoxy groups -OCH3 is 1. The van der Waals surface area contributed by atoms with Crippen LogP contribution in [0.3, 0.4) is 0 Å². The molecule has 0 heterocycles. The Morgan fingerprint density at radius 2 is 1.44 bits per heavy atom. The van der Waals surface area contributed by atoms with Crippen LogP contribution in [0.5, 0.6) is 0 Å². The van der Waals surface area contributed by atoms with Crippen LogP contribution in [0.1, 0.15) is 10.4 Å². The van der Waals surface area contributed by atoms with E-state index in [4.69, 9.17) is 0 Å². The topological polar surface area (TPSA) is 51.0 Å². The normalized spacial score (nSPS) is 10.5. The number of benzene rings is 2. The minimum Gasteiger partial charge on any atom is -0.465 e. The van der Waals surface area contributed by atoms with E-state index in [-0.39, 0.29) is 5.97 Å². The van der Waals surface area contributed by atoms with Gasteiger partial charge < -0.3 is 4.74 Å². The highest BCUT2D eigenvalue weighted by atomic mass is 16.5. The summed E-state index contributed by atoms with van der Waals surface area (Å²) in [5.74, 6) is -0.360. The van der Waals surface area contributed by atoms with Gasteiger partial charge in [-0.05, 0) is 36.4 Å². The lowest BCUT2D eigenvalue weighted by Gasteiger charge is -1.98. The van der Waals surface area contributed by atoms with Crippen LogP contribution in [-0.2, 0) is 4.74 Å². The Hall–Kier alpha value is -2.49. The number of carbonyl (C=O) groups excluding carboxylic acids is 1. The SMILES string of the molecule is COC(=O)c1ccc(N=Nc2ccccc2)cc1. The number of hydrogen-bond donors (Lipinski definition) is 0. The Morgan fingerprint density at radius 3 is 2.00 bits per heavy atom. The molecular weight excluding hydrogens is 228 g/mol. The third-order valence-corrected chi connectivity index (χ3v) is 2.33. The average molecular weight is 240 g/mol. The molecule has 18 heavy (non-hydrogen) atoms. The highest BCUT2D eigenvalue weighted by Gasteiger charge is 2.03. The number of carbonyl (C=O) groups is 1. The first kappa shape index (κ1) is 12.0. The highest BCUT2D eigenvalue weighted by molar-refractivity contribution is 5.89. The van der Waals surface area contributed by atoms with Gasteiger partial charge in [0, 0.05) is 0 Å². The number of rotatable bonds is 3. The first-order valence-corrected chi connectivity index (χ1v) is 5.45. The van der Waals surface area contributed by atoms with E-state index in [9.17, 15) is 4.79 Å². The highest BCUT2D eigenvalue weighted by Crippen LogP contribution is 2.18. The van der Waals surface area contributed by atoms with Crippen molar-refractivity contribution < 1.29 is 9.53 Å².